The van der Waals surface area contributed by atoms with E-state index in [0.717, 1.165) is 31.2 Å². The van der Waals surface area contributed by atoms with Crippen molar-refractivity contribution in [1.82, 2.24) is 9.80 Å². The molecule has 0 aromatic heterocycles. The van der Waals surface area contributed by atoms with Crippen LogP contribution in [0.25, 0.3) is 0 Å². The fourth-order valence-corrected chi connectivity index (χ4v) is 5.59. The molecule has 5 heteroatoms. The molecule has 31 heavy (non-hydrogen) atoms. The molecule has 5 rings (SSSR count). The predicted molar refractivity (Wildman–Crippen MR) is 118 cm³/mol. The van der Waals surface area contributed by atoms with E-state index in [1.807, 2.05) is 23.1 Å². The number of carbonyl (C=O) groups is 3. The van der Waals surface area contributed by atoms with Crippen LogP contribution in [0.15, 0.2) is 48.5 Å². The lowest BCUT2D eigenvalue weighted by atomic mass is 9.78. The van der Waals surface area contributed by atoms with Gasteiger partial charge in [0.2, 0.25) is 5.91 Å². The van der Waals surface area contributed by atoms with Crippen LogP contribution in [0.4, 0.5) is 0 Å². The molecular weight excluding hydrogens is 388 g/mol. The van der Waals surface area contributed by atoms with Crippen LogP contribution in [-0.2, 0) is 11.2 Å². The lowest BCUT2D eigenvalue weighted by Gasteiger charge is -2.42. The molecule has 0 radical (unpaired) electrons. The van der Waals surface area contributed by atoms with Gasteiger partial charge in [-0.2, -0.15) is 0 Å². The summed E-state index contributed by atoms with van der Waals surface area (Å²) in [4.78, 5) is 43.0. The predicted octanol–water partition coefficient (Wildman–Crippen LogP) is 4.23. The molecule has 1 fully saturated rings. The van der Waals surface area contributed by atoms with Crippen LogP contribution >= 0.6 is 0 Å². The van der Waals surface area contributed by atoms with Crippen LogP contribution in [0.5, 0.6) is 0 Å². The van der Waals surface area contributed by atoms with E-state index in [-0.39, 0.29) is 36.2 Å². The minimum atomic E-state index is -0.297. The molecule has 160 valence electrons. The molecule has 0 N–H and O–H groups in total. The maximum Gasteiger partial charge on any atom is 0.261 e. The number of imide groups is 1. The second-order valence-electron chi connectivity index (χ2n) is 9.13. The second-order valence-corrected chi connectivity index (χ2v) is 9.13. The molecule has 3 aliphatic rings. The van der Waals surface area contributed by atoms with Gasteiger partial charge in [-0.05, 0) is 48.4 Å². The highest BCUT2D eigenvalue weighted by Crippen LogP contribution is 2.37. The largest absolute Gasteiger partial charge is 0.333 e. The van der Waals surface area contributed by atoms with Gasteiger partial charge in [0.05, 0.1) is 23.7 Å². The lowest BCUT2D eigenvalue weighted by Crippen LogP contribution is -2.49. The van der Waals surface area contributed by atoms with Gasteiger partial charge >= 0.3 is 0 Å². The number of benzene rings is 2. The van der Waals surface area contributed by atoms with E-state index >= 15 is 0 Å². The quantitative estimate of drug-likeness (QED) is 0.704. The number of rotatable bonds is 3. The Labute approximate surface area is 183 Å². The average Bonchev–Trinajstić information content (AvgIpc) is 3.04. The first kappa shape index (κ1) is 20.0. The zero-order chi connectivity index (χ0) is 21.5. The molecule has 1 unspecified atom stereocenters. The molecule has 1 saturated carbocycles. The molecule has 3 atom stereocenters. The van der Waals surface area contributed by atoms with E-state index in [1.165, 1.54) is 16.9 Å². The Hall–Kier alpha value is -2.95. The molecule has 0 spiro atoms. The third-order valence-corrected chi connectivity index (χ3v) is 7.36. The molecule has 2 aromatic carbocycles. The minimum absolute atomic E-state index is 0.0312. The third-order valence-electron chi connectivity index (χ3n) is 7.36. The topological polar surface area (TPSA) is 57.7 Å². The van der Waals surface area contributed by atoms with Gasteiger partial charge in [0, 0.05) is 12.5 Å². The Balaban J connectivity index is 1.48. The van der Waals surface area contributed by atoms with Gasteiger partial charge in [0.1, 0.15) is 0 Å². The number of fused-ring (bicyclic) bond motifs is 2. The first-order valence-electron chi connectivity index (χ1n) is 11.4. The SMILES string of the molecule is C[C@@H]1CCCCC1C(=O)N1CCc2ccccc2[C@@H]1CN1C(=O)c2ccccc2C1=O. The first-order valence-corrected chi connectivity index (χ1v) is 11.4. The molecule has 1 aliphatic carbocycles. The van der Waals surface area contributed by atoms with E-state index in [1.54, 1.807) is 24.3 Å². The summed E-state index contributed by atoms with van der Waals surface area (Å²) in [7, 11) is 0. The molecule has 2 heterocycles. The fourth-order valence-electron chi connectivity index (χ4n) is 5.59. The highest BCUT2D eigenvalue weighted by atomic mass is 16.2. The van der Waals surface area contributed by atoms with Crippen LogP contribution in [0.2, 0.25) is 0 Å². The minimum Gasteiger partial charge on any atom is -0.333 e. The van der Waals surface area contributed by atoms with E-state index < -0.39 is 0 Å². The fraction of sp³-hybridized carbons (Fsp3) is 0.423. The molecule has 3 amide bonds. The second kappa shape index (κ2) is 7.95. The molecule has 2 aromatic rings. The molecular formula is C26H28N2O3. The van der Waals surface area contributed by atoms with Gasteiger partial charge in [-0.15, -0.1) is 0 Å². The summed E-state index contributed by atoms with van der Waals surface area (Å²) < 4.78 is 0. The number of amides is 3. The number of hydrogen-bond acceptors (Lipinski definition) is 3. The zero-order valence-electron chi connectivity index (χ0n) is 17.9. The summed E-state index contributed by atoms with van der Waals surface area (Å²) in [6.45, 7) is 3.02. The van der Waals surface area contributed by atoms with Crippen molar-refractivity contribution in [2.45, 2.75) is 45.1 Å². The molecule has 0 bridgehead atoms. The summed E-state index contributed by atoms with van der Waals surface area (Å²) in [6.07, 6.45) is 5.10. The summed E-state index contributed by atoms with van der Waals surface area (Å²) >= 11 is 0. The normalized spacial score (nSPS) is 25.4. The van der Waals surface area contributed by atoms with Crippen molar-refractivity contribution >= 4 is 17.7 Å². The highest BCUT2D eigenvalue weighted by molar-refractivity contribution is 6.21. The maximum atomic E-state index is 13.7. The standard InChI is InChI=1S/C26H28N2O3/c1-17-8-2-4-10-19(17)24(29)27-15-14-18-9-3-5-11-20(18)23(27)16-28-25(30)21-12-6-7-13-22(21)26(28)31/h3,5-7,9,11-13,17,19,23H,2,4,8,10,14-16H2,1H3/t17-,19?,23+/m1/s1. The van der Waals surface area contributed by atoms with Crippen LogP contribution in [0, 0.1) is 11.8 Å². The van der Waals surface area contributed by atoms with Gasteiger partial charge in [-0.25, -0.2) is 0 Å². The lowest BCUT2D eigenvalue weighted by molar-refractivity contribution is -0.141. The summed E-state index contributed by atoms with van der Waals surface area (Å²) in [5.74, 6) is 0.0644. The Morgan fingerprint density at radius 2 is 1.58 bits per heavy atom. The van der Waals surface area contributed by atoms with Crippen molar-refractivity contribution in [2.24, 2.45) is 11.8 Å². The third kappa shape index (κ3) is 3.36. The van der Waals surface area contributed by atoms with Crippen LogP contribution in [0.1, 0.15) is 70.5 Å². The van der Waals surface area contributed by atoms with Crippen LogP contribution < -0.4 is 0 Å². The van der Waals surface area contributed by atoms with Gasteiger partial charge in [-0.1, -0.05) is 56.2 Å². The Morgan fingerprint density at radius 3 is 2.29 bits per heavy atom. The maximum absolute atomic E-state index is 13.7. The van der Waals surface area contributed by atoms with Crippen molar-refractivity contribution in [3.05, 3.63) is 70.8 Å². The summed E-state index contributed by atoms with van der Waals surface area (Å²) in [5, 5.41) is 0. The van der Waals surface area contributed by atoms with Crippen LogP contribution in [-0.4, -0.2) is 40.6 Å². The van der Waals surface area contributed by atoms with Gasteiger partial charge < -0.3 is 4.90 Å². The summed E-state index contributed by atoms with van der Waals surface area (Å²) in [5.41, 5.74) is 3.16. The molecule has 0 saturated heterocycles. The summed E-state index contributed by atoms with van der Waals surface area (Å²) in [6, 6.07) is 14.8. The smallest absolute Gasteiger partial charge is 0.261 e. The van der Waals surface area contributed by atoms with E-state index in [4.69, 9.17) is 0 Å². The van der Waals surface area contributed by atoms with Crippen molar-refractivity contribution in [3.63, 3.8) is 0 Å². The van der Waals surface area contributed by atoms with Crippen molar-refractivity contribution < 1.29 is 14.4 Å². The number of hydrogen-bond donors (Lipinski definition) is 0. The van der Waals surface area contributed by atoms with Gasteiger partial charge in [0.25, 0.3) is 11.8 Å². The highest BCUT2D eigenvalue weighted by Gasteiger charge is 2.42. The monoisotopic (exact) mass is 416 g/mol. The number of carbonyl (C=O) groups excluding carboxylic acids is 3. The Morgan fingerprint density at radius 1 is 0.935 bits per heavy atom. The van der Waals surface area contributed by atoms with E-state index in [9.17, 15) is 14.4 Å². The Kier molecular flexibility index (Phi) is 5.12. The van der Waals surface area contributed by atoms with Crippen LogP contribution in [0.3, 0.4) is 0 Å². The molecule has 2 aliphatic heterocycles. The molecule has 5 nitrogen and oxygen atoms in total. The Bertz CT molecular complexity index is 1010. The van der Waals surface area contributed by atoms with Crippen molar-refractivity contribution in [1.29, 1.82) is 0 Å². The first-order chi connectivity index (χ1) is 15.1. The zero-order valence-corrected chi connectivity index (χ0v) is 17.9. The average molecular weight is 417 g/mol. The van der Waals surface area contributed by atoms with Crippen molar-refractivity contribution in [3.8, 4) is 0 Å². The van der Waals surface area contributed by atoms with E-state index in [2.05, 4.69) is 13.0 Å². The van der Waals surface area contributed by atoms with Gasteiger partial charge in [-0.3, -0.25) is 19.3 Å². The number of nitrogens with zero attached hydrogens (tertiary/aromatic N) is 2. The van der Waals surface area contributed by atoms with E-state index in [0.29, 0.717) is 23.6 Å². The van der Waals surface area contributed by atoms with Crippen molar-refractivity contribution in [2.75, 3.05) is 13.1 Å². The van der Waals surface area contributed by atoms with Gasteiger partial charge in [0.15, 0.2) is 0 Å².